The molecule has 0 aliphatic heterocycles. The van der Waals surface area contributed by atoms with Crippen molar-refractivity contribution < 1.29 is 13.2 Å². The molecule has 0 saturated heterocycles. The number of halogens is 1. The molecule has 0 heterocycles. The van der Waals surface area contributed by atoms with Crippen molar-refractivity contribution in [1.82, 2.24) is 0 Å². The third-order valence-corrected chi connectivity index (χ3v) is 2.84. The van der Waals surface area contributed by atoms with Crippen LogP contribution in [0.25, 0.3) is 0 Å². The van der Waals surface area contributed by atoms with Gasteiger partial charge in [-0.1, -0.05) is 18.5 Å². The standard InChI is InChI=1S/C9H12ClNO3S/c1-2-5-14-8-4-3-7(10)6-9(8)15(11,12)13/h3-4,6H,2,5H2,1H3,(H2,11,12,13). The Labute approximate surface area is 94.0 Å². The molecule has 15 heavy (non-hydrogen) atoms. The Morgan fingerprint density at radius 3 is 2.67 bits per heavy atom. The van der Waals surface area contributed by atoms with Crippen molar-refractivity contribution in [3.63, 3.8) is 0 Å². The molecule has 4 nitrogen and oxygen atoms in total. The van der Waals surface area contributed by atoms with Crippen molar-refractivity contribution in [1.29, 1.82) is 0 Å². The van der Waals surface area contributed by atoms with Gasteiger partial charge in [-0.2, -0.15) is 0 Å². The molecule has 0 spiro atoms. The van der Waals surface area contributed by atoms with Gasteiger partial charge in [0.1, 0.15) is 10.6 Å². The molecule has 0 bridgehead atoms. The molecule has 0 fully saturated rings. The van der Waals surface area contributed by atoms with E-state index in [0.717, 1.165) is 6.42 Å². The number of primary sulfonamides is 1. The second kappa shape index (κ2) is 4.83. The summed E-state index contributed by atoms with van der Waals surface area (Å²) >= 11 is 5.68. The summed E-state index contributed by atoms with van der Waals surface area (Å²) in [7, 11) is -3.80. The van der Waals surface area contributed by atoms with Gasteiger partial charge in [0.05, 0.1) is 6.61 Å². The molecular weight excluding hydrogens is 238 g/mol. The highest BCUT2D eigenvalue weighted by Crippen LogP contribution is 2.26. The van der Waals surface area contributed by atoms with E-state index in [1.54, 1.807) is 6.07 Å². The van der Waals surface area contributed by atoms with Crippen LogP contribution in [0, 0.1) is 0 Å². The minimum absolute atomic E-state index is 0.0801. The van der Waals surface area contributed by atoms with Gasteiger partial charge in [-0.3, -0.25) is 0 Å². The summed E-state index contributed by atoms with van der Waals surface area (Å²) in [6.45, 7) is 2.36. The molecule has 0 unspecified atom stereocenters. The van der Waals surface area contributed by atoms with Crippen LogP contribution in [0.5, 0.6) is 5.75 Å². The summed E-state index contributed by atoms with van der Waals surface area (Å²) < 4.78 is 27.7. The van der Waals surface area contributed by atoms with Crippen molar-refractivity contribution >= 4 is 21.6 Å². The molecular formula is C9H12ClNO3S. The number of ether oxygens (including phenoxy) is 1. The van der Waals surface area contributed by atoms with Crippen LogP contribution in [0.15, 0.2) is 23.1 Å². The highest BCUT2D eigenvalue weighted by molar-refractivity contribution is 7.89. The first-order valence-electron chi connectivity index (χ1n) is 4.40. The number of sulfonamides is 1. The lowest BCUT2D eigenvalue weighted by Crippen LogP contribution is -2.14. The molecule has 2 N–H and O–H groups in total. The number of hydrogen-bond donors (Lipinski definition) is 1. The molecule has 84 valence electrons. The lowest BCUT2D eigenvalue weighted by Gasteiger charge is -2.09. The number of rotatable bonds is 4. The molecule has 6 heteroatoms. The van der Waals surface area contributed by atoms with Gasteiger partial charge in [-0.15, -0.1) is 0 Å². The van der Waals surface area contributed by atoms with E-state index in [1.165, 1.54) is 12.1 Å². The van der Waals surface area contributed by atoms with E-state index in [1.807, 2.05) is 6.92 Å². The summed E-state index contributed by atoms with van der Waals surface area (Å²) in [6.07, 6.45) is 0.784. The van der Waals surface area contributed by atoms with E-state index in [-0.39, 0.29) is 10.6 Å². The lowest BCUT2D eigenvalue weighted by molar-refractivity contribution is 0.309. The van der Waals surface area contributed by atoms with Crippen LogP contribution < -0.4 is 9.88 Å². The van der Waals surface area contributed by atoms with E-state index in [2.05, 4.69) is 0 Å². The van der Waals surface area contributed by atoms with Crippen molar-refractivity contribution in [2.24, 2.45) is 5.14 Å². The quantitative estimate of drug-likeness (QED) is 0.884. The highest BCUT2D eigenvalue weighted by atomic mass is 35.5. The first kappa shape index (κ1) is 12.3. The van der Waals surface area contributed by atoms with Crippen LogP contribution in [0.4, 0.5) is 0 Å². The van der Waals surface area contributed by atoms with Gasteiger partial charge in [0.2, 0.25) is 10.0 Å². The Kier molecular flexibility index (Phi) is 3.96. The molecule has 0 aromatic heterocycles. The van der Waals surface area contributed by atoms with Gasteiger partial charge in [-0.05, 0) is 24.6 Å². The molecule has 1 aromatic rings. The molecule has 0 aliphatic rings. The van der Waals surface area contributed by atoms with Gasteiger partial charge in [-0.25, -0.2) is 13.6 Å². The first-order chi connectivity index (χ1) is 6.95. The average molecular weight is 250 g/mol. The molecule has 0 aliphatic carbocycles. The summed E-state index contributed by atoms with van der Waals surface area (Å²) in [6, 6.07) is 4.33. The van der Waals surface area contributed by atoms with E-state index < -0.39 is 10.0 Å². The second-order valence-corrected chi connectivity index (χ2v) is 4.95. The van der Waals surface area contributed by atoms with E-state index in [0.29, 0.717) is 11.6 Å². The van der Waals surface area contributed by atoms with E-state index in [4.69, 9.17) is 21.5 Å². The number of nitrogens with two attached hydrogens (primary N) is 1. The monoisotopic (exact) mass is 249 g/mol. The smallest absolute Gasteiger partial charge is 0.241 e. The summed E-state index contributed by atoms with van der Waals surface area (Å²) in [5.41, 5.74) is 0. The zero-order valence-corrected chi connectivity index (χ0v) is 9.81. The van der Waals surface area contributed by atoms with Crippen LogP contribution in [0.1, 0.15) is 13.3 Å². The first-order valence-corrected chi connectivity index (χ1v) is 6.32. The largest absolute Gasteiger partial charge is 0.492 e. The molecule has 0 amide bonds. The van der Waals surface area contributed by atoms with Gasteiger partial charge >= 0.3 is 0 Å². The maximum Gasteiger partial charge on any atom is 0.241 e. The number of benzene rings is 1. The molecule has 1 rings (SSSR count). The Hall–Kier alpha value is -0.780. The minimum atomic E-state index is -3.80. The third kappa shape index (κ3) is 3.37. The summed E-state index contributed by atoms with van der Waals surface area (Å²) in [5, 5.41) is 5.34. The van der Waals surface area contributed by atoms with Crippen LogP contribution >= 0.6 is 11.6 Å². The minimum Gasteiger partial charge on any atom is -0.492 e. The Morgan fingerprint density at radius 2 is 2.13 bits per heavy atom. The Morgan fingerprint density at radius 1 is 1.47 bits per heavy atom. The van der Waals surface area contributed by atoms with E-state index in [9.17, 15) is 8.42 Å². The van der Waals surface area contributed by atoms with Gasteiger partial charge in [0, 0.05) is 5.02 Å². The Bertz CT molecular complexity index is 445. The van der Waals surface area contributed by atoms with Crippen molar-refractivity contribution in [3.8, 4) is 5.75 Å². The average Bonchev–Trinajstić information content (AvgIpc) is 2.14. The van der Waals surface area contributed by atoms with Crippen LogP contribution in [-0.2, 0) is 10.0 Å². The van der Waals surface area contributed by atoms with Crippen molar-refractivity contribution in [2.45, 2.75) is 18.2 Å². The van der Waals surface area contributed by atoms with E-state index >= 15 is 0 Å². The molecule has 0 atom stereocenters. The number of hydrogen-bond acceptors (Lipinski definition) is 3. The fraction of sp³-hybridized carbons (Fsp3) is 0.333. The molecule has 0 saturated carbocycles. The van der Waals surface area contributed by atoms with Crippen molar-refractivity contribution in [3.05, 3.63) is 23.2 Å². The van der Waals surface area contributed by atoms with Crippen LogP contribution in [-0.4, -0.2) is 15.0 Å². The molecule has 1 aromatic carbocycles. The lowest BCUT2D eigenvalue weighted by atomic mass is 10.3. The SMILES string of the molecule is CCCOc1ccc(Cl)cc1S(N)(=O)=O. The fourth-order valence-electron chi connectivity index (χ4n) is 1.04. The normalized spacial score (nSPS) is 11.4. The highest BCUT2D eigenvalue weighted by Gasteiger charge is 2.15. The zero-order valence-electron chi connectivity index (χ0n) is 8.23. The Balaban J connectivity index is 3.15. The maximum atomic E-state index is 11.2. The van der Waals surface area contributed by atoms with Gasteiger partial charge in [0.15, 0.2) is 0 Å². The predicted molar refractivity (Wildman–Crippen MR) is 58.6 cm³/mol. The summed E-state index contributed by atoms with van der Waals surface area (Å²) in [4.78, 5) is -0.0801. The van der Waals surface area contributed by atoms with Gasteiger partial charge < -0.3 is 4.74 Å². The van der Waals surface area contributed by atoms with Gasteiger partial charge in [0.25, 0.3) is 0 Å². The maximum absolute atomic E-state index is 11.2. The van der Waals surface area contributed by atoms with Crippen LogP contribution in [0.3, 0.4) is 0 Å². The second-order valence-electron chi connectivity index (χ2n) is 2.98. The zero-order chi connectivity index (χ0) is 11.5. The fourth-order valence-corrected chi connectivity index (χ4v) is 1.97. The topological polar surface area (TPSA) is 69.4 Å². The van der Waals surface area contributed by atoms with Crippen molar-refractivity contribution in [2.75, 3.05) is 6.61 Å². The summed E-state index contributed by atoms with van der Waals surface area (Å²) in [5.74, 6) is 0.240. The predicted octanol–water partition coefficient (Wildman–Crippen LogP) is 1.78. The third-order valence-electron chi connectivity index (χ3n) is 1.67. The molecule has 0 radical (unpaired) electrons. The van der Waals surface area contributed by atoms with Crippen LogP contribution in [0.2, 0.25) is 5.02 Å².